The zero-order valence-corrected chi connectivity index (χ0v) is 7.40. The molecule has 1 aromatic heterocycles. The molecule has 1 aliphatic carbocycles. The minimum atomic E-state index is 0.628. The van der Waals surface area contributed by atoms with Crippen molar-refractivity contribution in [2.24, 2.45) is 11.8 Å². The molecule has 66 valence electrons. The van der Waals surface area contributed by atoms with Crippen LogP contribution in [0.1, 0.15) is 19.8 Å². The van der Waals surface area contributed by atoms with E-state index in [1.165, 1.54) is 12.8 Å². The van der Waals surface area contributed by atoms with Gasteiger partial charge in [-0.1, -0.05) is 13.3 Å². The largest absolute Gasteiger partial charge is 0.382 e. The van der Waals surface area contributed by atoms with E-state index in [-0.39, 0.29) is 0 Å². The fourth-order valence-electron chi connectivity index (χ4n) is 1.75. The maximum atomic E-state index is 5.51. The lowest BCUT2D eigenvalue weighted by Gasteiger charge is -1.98. The van der Waals surface area contributed by atoms with Gasteiger partial charge in [0.2, 0.25) is 0 Å². The minimum Gasteiger partial charge on any atom is -0.382 e. The fraction of sp³-hybridized carbons (Fsp3) is 0.667. The third-order valence-corrected chi connectivity index (χ3v) is 2.68. The molecule has 0 spiro atoms. The van der Waals surface area contributed by atoms with Crippen LogP contribution in [0, 0.1) is 11.8 Å². The maximum Gasteiger partial charge on any atom is 0.145 e. The second-order valence-corrected chi connectivity index (χ2v) is 3.63. The first kappa shape index (κ1) is 7.65. The number of nitrogens with two attached hydrogens (primary N) is 1. The van der Waals surface area contributed by atoms with Crippen LogP contribution < -0.4 is 5.73 Å². The standard InChI is InChI=1S/C9H15N3/c1-2-7-5-8(7)6-12-4-3-9(10)11-12/h3-4,7-8H,2,5-6H2,1H3,(H2,10,11)/t7-,8+/m1/s1. The normalized spacial score (nSPS) is 27.4. The van der Waals surface area contributed by atoms with Gasteiger partial charge in [-0.15, -0.1) is 0 Å². The van der Waals surface area contributed by atoms with Gasteiger partial charge in [0.25, 0.3) is 0 Å². The van der Waals surface area contributed by atoms with Crippen molar-refractivity contribution in [3.8, 4) is 0 Å². The van der Waals surface area contributed by atoms with Crippen LogP contribution in [0.5, 0.6) is 0 Å². The van der Waals surface area contributed by atoms with Crippen LogP contribution >= 0.6 is 0 Å². The highest BCUT2D eigenvalue weighted by Gasteiger charge is 2.35. The number of nitrogens with zero attached hydrogens (tertiary/aromatic N) is 2. The molecule has 1 saturated carbocycles. The number of aromatic nitrogens is 2. The first-order valence-electron chi connectivity index (χ1n) is 4.58. The van der Waals surface area contributed by atoms with E-state index in [1.807, 2.05) is 16.9 Å². The smallest absolute Gasteiger partial charge is 0.145 e. The topological polar surface area (TPSA) is 43.8 Å². The molecule has 12 heavy (non-hydrogen) atoms. The van der Waals surface area contributed by atoms with E-state index in [0.717, 1.165) is 18.4 Å². The highest BCUT2D eigenvalue weighted by molar-refractivity contribution is 5.23. The van der Waals surface area contributed by atoms with Crippen LogP contribution in [-0.2, 0) is 6.54 Å². The van der Waals surface area contributed by atoms with Gasteiger partial charge in [0.1, 0.15) is 5.82 Å². The lowest BCUT2D eigenvalue weighted by atomic mass is 10.2. The summed E-state index contributed by atoms with van der Waals surface area (Å²) in [6.45, 7) is 3.30. The SMILES string of the molecule is CC[C@@H]1C[C@H]1Cn1ccc(N)n1. The summed E-state index contributed by atoms with van der Waals surface area (Å²) in [6.07, 6.45) is 4.64. The third-order valence-electron chi connectivity index (χ3n) is 2.68. The van der Waals surface area contributed by atoms with Gasteiger partial charge < -0.3 is 5.73 Å². The summed E-state index contributed by atoms with van der Waals surface area (Å²) < 4.78 is 1.95. The number of hydrogen-bond acceptors (Lipinski definition) is 2. The average Bonchev–Trinajstić information content (AvgIpc) is 2.67. The highest BCUT2D eigenvalue weighted by atomic mass is 15.3. The summed E-state index contributed by atoms with van der Waals surface area (Å²) in [4.78, 5) is 0. The van der Waals surface area contributed by atoms with E-state index in [2.05, 4.69) is 12.0 Å². The molecule has 3 nitrogen and oxygen atoms in total. The Balaban J connectivity index is 1.89. The highest BCUT2D eigenvalue weighted by Crippen LogP contribution is 2.41. The van der Waals surface area contributed by atoms with Gasteiger partial charge in [-0.05, 0) is 24.3 Å². The second kappa shape index (κ2) is 2.81. The van der Waals surface area contributed by atoms with Gasteiger partial charge in [0.05, 0.1) is 0 Å². The van der Waals surface area contributed by atoms with Crippen molar-refractivity contribution in [3.05, 3.63) is 12.3 Å². The number of anilines is 1. The van der Waals surface area contributed by atoms with Gasteiger partial charge >= 0.3 is 0 Å². The van der Waals surface area contributed by atoms with Crippen LogP contribution in [-0.4, -0.2) is 9.78 Å². The van der Waals surface area contributed by atoms with Crippen LogP contribution in [0.25, 0.3) is 0 Å². The summed E-state index contributed by atoms with van der Waals surface area (Å²) >= 11 is 0. The fourth-order valence-corrected chi connectivity index (χ4v) is 1.75. The predicted octanol–water partition coefficient (Wildman–Crippen LogP) is 1.51. The minimum absolute atomic E-state index is 0.628. The monoisotopic (exact) mass is 165 g/mol. The van der Waals surface area contributed by atoms with E-state index < -0.39 is 0 Å². The van der Waals surface area contributed by atoms with Gasteiger partial charge in [-0.25, -0.2) is 0 Å². The molecule has 2 N–H and O–H groups in total. The van der Waals surface area contributed by atoms with Crippen molar-refractivity contribution in [3.63, 3.8) is 0 Å². The molecule has 2 atom stereocenters. The molecule has 0 aliphatic heterocycles. The lowest BCUT2D eigenvalue weighted by molar-refractivity contribution is 0.527. The molecule has 0 bridgehead atoms. The Morgan fingerprint density at radius 3 is 3.00 bits per heavy atom. The van der Waals surface area contributed by atoms with Crippen molar-refractivity contribution in [2.75, 3.05) is 5.73 Å². The number of hydrogen-bond donors (Lipinski definition) is 1. The average molecular weight is 165 g/mol. The summed E-state index contributed by atoms with van der Waals surface area (Å²) in [5, 5.41) is 4.15. The number of nitrogen functional groups attached to an aromatic ring is 1. The third kappa shape index (κ3) is 1.44. The molecule has 1 aliphatic rings. The molecule has 0 aromatic carbocycles. The zero-order valence-electron chi connectivity index (χ0n) is 7.40. The Kier molecular flexibility index (Phi) is 1.79. The van der Waals surface area contributed by atoms with E-state index in [4.69, 9.17) is 5.73 Å². The van der Waals surface area contributed by atoms with Crippen molar-refractivity contribution in [1.29, 1.82) is 0 Å². The molecule has 0 saturated heterocycles. The van der Waals surface area contributed by atoms with E-state index >= 15 is 0 Å². The molecule has 0 amide bonds. The Morgan fingerprint density at radius 2 is 2.50 bits per heavy atom. The van der Waals surface area contributed by atoms with E-state index in [0.29, 0.717) is 5.82 Å². The first-order chi connectivity index (χ1) is 5.79. The van der Waals surface area contributed by atoms with Gasteiger partial charge in [0.15, 0.2) is 0 Å². The molecule has 3 heteroatoms. The second-order valence-electron chi connectivity index (χ2n) is 3.63. The van der Waals surface area contributed by atoms with E-state index in [1.54, 1.807) is 0 Å². The summed E-state index contributed by atoms with van der Waals surface area (Å²) in [5.74, 6) is 2.42. The maximum absolute atomic E-state index is 5.51. The first-order valence-corrected chi connectivity index (χ1v) is 4.58. The van der Waals surface area contributed by atoms with Gasteiger partial charge in [-0.3, -0.25) is 4.68 Å². The summed E-state index contributed by atoms with van der Waals surface area (Å²) in [7, 11) is 0. The van der Waals surface area contributed by atoms with Crippen molar-refractivity contribution >= 4 is 5.82 Å². The van der Waals surface area contributed by atoms with Crippen LogP contribution in [0.4, 0.5) is 5.82 Å². The lowest BCUT2D eigenvalue weighted by Crippen LogP contribution is -2.02. The van der Waals surface area contributed by atoms with Crippen LogP contribution in [0.2, 0.25) is 0 Å². The Hall–Kier alpha value is -0.990. The van der Waals surface area contributed by atoms with Crippen molar-refractivity contribution in [1.82, 2.24) is 9.78 Å². The Morgan fingerprint density at radius 1 is 1.67 bits per heavy atom. The molecule has 2 rings (SSSR count). The molecular formula is C9H15N3. The molecular weight excluding hydrogens is 150 g/mol. The molecule has 0 unspecified atom stereocenters. The van der Waals surface area contributed by atoms with E-state index in [9.17, 15) is 0 Å². The molecule has 1 fully saturated rings. The summed E-state index contributed by atoms with van der Waals surface area (Å²) in [6, 6.07) is 1.85. The zero-order chi connectivity index (χ0) is 8.55. The predicted molar refractivity (Wildman–Crippen MR) is 48.5 cm³/mol. The summed E-state index contributed by atoms with van der Waals surface area (Å²) in [5.41, 5.74) is 5.51. The van der Waals surface area contributed by atoms with Crippen molar-refractivity contribution in [2.45, 2.75) is 26.3 Å². The number of rotatable bonds is 3. The quantitative estimate of drug-likeness (QED) is 0.737. The molecule has 1 heterocycles. The molecule has 0 radical (unpaired) electrons. The van der Waals surface area contributed by atoms with Gasteiger partial charge in [0, 0.05) is 12.7 Å². The van der Waals surface area contributed by atoms with Crippen LogP contribution in [0.3, 0.4) is 0 Å². The Bertz CT molecular complexity index is 266. The Labute approximate surface area is 72.6 Å². The van der Waals surface area contributed by atoms with Crippen LogP contribution in [0.15, 0.2) is 12.3 Å². The van der Waals surface area contributed by atoms with Crippen molar-refractivity contribution < 1.29 is 0 Å². The van der Waals surface area contributed by atoms with Gasteiger partial charge in [-0.2, -0.15) is 5.10 Å². The molecule has 1 aromatic rings.